The summed E-state index contributed by atoms with van der Waals surface area (Å²) in [4.78, 5) is 25.4. The molecule has 31 heavy (non-hydrogen) atoms. The second kappa shape index (κ2) is 18.5. The minimum Gasteiger partial charge on any atom is -0.465 e. The topological polar surface area (TPSA) is 52.6 Å². The van der Waals surface area contributed by atoms with Gasteiger partial charge in [-0.2, -0.15) is 0 Å². The van der Waals surface area contributed by atoms with Crippen LogP contribution in [0.15, 0.2) is 0 Å². The zero-order chi connectivity index (χ0) is 22.7. The van der Waals surface area contributed by atoms with Crippen molar-refractivity contribution in [1.82, 2.24) is 0 Å². The molecule has 0 saturated heterocycles. The molecule has 0 bridgehead atoms. The first kappa shape index (κ1) is 28.0. The quantitative estimate of drug-likeness (QED) is 0.163. The number of ether oxygens (including phenoxy) is 2. The van der Waals surface area contributed by atoms with Crippen LogP contribution in [0.1, 0.15) is 130 Å². The van der Waals surface area contributed by atoms with Crippen LogP contribution < -0.4 is 0 Å². The van der Waals surface area contributed by atoms with E-state index in [1.165, 1.54) is 57.8 Å². The van der Waals surface area contributed by atoms with E-state index in [1.54, 1.807) is 0 Å². The Labute approximate surface area is 192 Å². The molecule has 1 aliphatic rings. The fourth-order valence-electron chi connectivity index (χ4n) is 4.59. The fraction of sp³-hybridized carbons (Fsp3) is 0.926. The van der Waals surface area contributed by atoms with Gasteiger partial charge in [0, 0.05) is 0 Å². The zero-order valence-electron chi connectivity index (χ0n) is 20.8. The number of esters is 2. The first-order chi connectivity index (χ1) is 15.1. The largest absolute Gasteiger partial charge is 0.465 e. The van der Waals surface area contributed by atoms with Crippen LogP contribution >= 0.6 is 0 Å². The Bertz CT molecular complexity index is 462. The molecule has 0 amide bonds. The van der Waals surface area contributed by atoms with E-state index in [4.69, 9.17) is 9.47 Å². The van der Waals surface area contributed by atoms with E-state index in [0.29, 0.717) is 19.1 Å². The Balaban J connectivity index is 2.27. The van der Waals surface area contributed by atoms with Gasteiger partial charge in [0.25, 0.3) is 0 Å². The van der Waals surface area contributed by atoms with Crippen molar-refractivity contribution in [2.75, 3.05) is 13.2 Å². The van der Waals surface area contributed by atoms with Crippen molar-refractivity contribution in [3.63, 3.8) is 0 Å². The Morgan fingerprint density at radius 2 is 1.23 bits per heavy atom. The Kier molecular flexibility index (Phi) is 16.7. The molecule has 1 saturated carbocycles. The summed E-state index contributed by atoms with van der Waals surface area (Å²) in [7, 11) is 0. The Morgan fingerprint density at radius 3 is 1.77 bits per heavy atom. The molecule has 4 heteroatoms. The minimum absolute atomic E-state index is 0.181. The molecule has 182 valence electrons. The van der Waals surface area contributed by atoms with Gasteiger partial charge in [0.05, 0.1) is 25.0 Å². The van der Waals surface area contributed by atoms with Crippen molar-refractivity contribution < 1.29 is 19.1 Å². The zero-order valence-corrected chi connectivity index (χ0v) is 20.8. The predicted molar refractivity (Wildman–Crippen MR) is 128 cm³/mol. The molecular weight excluding hydrogens is 388 g/mol. The standard InChI is InChI=1S/C27H50O4/c1-4-7-9-10-11-12-13-14-17-21-30-26(28)24-19-15-16-20-25(24)27(29)31-22-23(6-3)18-8-5-2/h23-25H,4-22H2,1-3H3. The fourth-order valence-corrected chi connectivity index (χ4v) is 4.59. The van der Waals surface area contributed by atoms with Gasteiger partial charge in [-0.15, -0.1) is 0 Å². The molecule has 0 aromatic rings. The Hall–Kier alpha value is -1.06. The third kappa shape index (κ3) is 12.5. The molecule has 0 aromatic heterocycles. The molecule has 3 atom stereocenters. The smallest absolute Gasteiger partial charge is 0.309 e. The maximum absolute atomic E-state index is 12.7. The van der Waals surface area contributed by atoms with Gasteiger partial charge in [-0.3, -0.25) is 9.59 Å². The number of carbonyl (C=O) groups is 2. The lowest BCUT2D eigenvalue weighted by molar-refractivity contribution is -0.163. The van der Waals surface area contributed by atoms with Crippen LogP contribution in [0.25, 0.3) is 0 Å². The molecular formula is C27H50O4. The van der Waals surface area contributed by atoms with Gasteiger partial charge in [0.15, 0.2) is 0 Å². The summed E-state index contributed by atoms with van der Waals surface area (Å²) in [6, 6.07) is 0. The third-order valence-electron chi connectivity index (χ3n) is 6.87. The van der Waals surface area contributed by atoms with Gasteiger partial charge >= 0.3 is 11.9 Å². The maximum Gasteiger partial charge on any atom is 0.309 e. The summed E-state index contributed by atoms with van der Waals surface area (Å²) < 4.78 is 11.2. The molecule has 3 unspecified atom stereocenters. The number of unbranched alkanes of at least 4 members (excludes halogenated alkanes) is 9. The van der Waals surface area contributed by atoms with Gasteiger partial charge in [-0.1, -0.05) is 104 Å². The molecule has 0 radical (unpaired) electrons. The summed E-state index contributed by atoms with van der Waals surface area (Å²) in [6.45, 7) is 7.57. The summed E-state index contributed by atoms with van der Waals surface area (Å²) in [5.41, 5.74) is 0. The lowest BCUT2D eigenvalue weighted by atomic mass is 9.79. The molecule has 0 spiro atoms. The van der Waals surface area contributed by atoms with E-state index < -0.39 is 0 Å². The van der Waals surface area contributed by atoms with E-state index in [1.807, 2.05) is 0 Å². The molecule has 1 aliphatic carbocycles. The monoisotopic (exact) mass is 438 g/mol. The van der Waals surface area contributed by atoms with Gasteiger partial charge in [0.1, 0.15) is 0 Å². The van der Waals surface area contributed by atoms with E-state index in [0.717, 1.165) is 51.4 Å². The van der Waals surface area contributed by atoms with E-state index in [9.17, 15) is 9.59 Å². The SMILES string of the molecule is CCCCCCCCCCCOC(=O)C1CCCCC1C(=O)OCC(CC)CCCC. The van der Waals surface area contributed by atoms with E-state index in [-0.39, 0.29) is 23.8 Å². The average Bonchev–Trinajstić information content (AvgIpc) is 2.80. The van der Waals surface area contributed by atoms with Crippen molar-refractivity contribution in [2.45, 2.75) is 130 Å². The second-order valence-corrected chi connectivity index (χ2v) is 9.54. The summed E-state index contributed by atoms with van der Waals surface area (Å²) in [5.74, 6) is -0.549. The first-order valence-electron chi connectivity index (χ1n) is 13.5. The first-order valence-corrected chi connectivity index (χ1v) is 13.5. The number of hydrogen-bond donors (Lipinski definition) is 0. The molecule has 1 rings (SSSR count). The highest BCUT2D eigenvalue weighted by molar-refractivity contribution is 5.82. The lowest BCUT2D eigenvalue weighted by Crippen LogP contribution is -2.35. The van der Waals surface area contributed by atoms with Crippen molar-refractivity contribution in [3.05, 3.63) is 0 Å². The van der Waals surface area contributed by atoms with Crippen LogP contribution in [-0.2, 0) is 19.1 Å². The summed E-state index contributed by atoms with van der Waals surface area (Å²) >= 11 is 0. The van der Waals surface area contributed by atoms with Crippen molar-refractivity contribution in [1.29, 1.82) is 0 Å². The van der Waals surface area contributed by atoms with Crippen LogP contribution in [0.2, 0.25) is 0 Å². The molecule has 0 aliphatic heterocycles. The highest BCUT2D eigenvalue weighted by atomic mass is 16.5. The summed E-state index contributed by atoms with van der Waals surface area (Å²) in [6.07, 6.45) is 19.2. The van der Waals surface area contributed by atoms with Gasteiger partial charge < -0.3 is 9.47 Å². The van der Waals surface area contributed by atoms with Crippen LogP contribution in [0.3, 0.4) is 0 Å². The highest BCUT2D eigenvalue weighted by Crippen LogP contribution is 2.32. The number of hydrogen-bond acceptors (Lipinski definition) is 4. The van der Waals surface area contributed by atoms with E-state index >= 15 is 0 Å². The number of carbonyl (C=O) groups excluding carboxylic acids is 2. The van der Waals surface area contributed by atoms with Crippen molar-refractivity contribution >= 4 is 11.9 Å². The number of rotatable bonds is 18. The van der Waals surface area contributed by atoms with E-state index in [2.05, 4.69) is 20.8 Å². The normalized spacial score (nSPS) is 19.7. The molecule has 0 heterocycles. The van der Waals surface area contributed by atoms with Gasteiger partial charge in [0.2, 0.25) is 0 Å². The van der Waals surface area contributed by atoms with Crippen LogP contribution in [0.4, 0.5) is 0 Å². The predicted octanol–water partition coefficient (Wildman–Crippen LogP) is 7.63. The molecule has 4 nitrogen and oxygen atoms in total. The van der Waals surface area contributed by atoms with Crippen molar-refractivity contribution in [2.24, 2.45) is 17.8 Å². The third-order valence-corrected chi connectivity index (χ3v) is 6.87. The second-order valence-electron chi connectivity index (χ2n) is 9.54. The maximum atomic E-state index is 12.7. The minimum atomic E-state index is -0.312. The summed E-state index contributed by atoms with van der Waals surface area (Å²) in [5, 5.41) is 0. The van der Waals surface area contributed by atoms with Crippen LogP contribution in [0, 0.1) is 17.8 Å². The lowest BCUT2D eigenvalue weighted by Gasteiger charge is -2.29. The highest BCUT2D eigenvalue weighted by Gasteiger charge is 2.38. The molecule has 0 N–H and O–H groups in total. The van der Waals surface area contributed by atoms with Crippen LogP contribution in [0.5, 0.6) is 0 Å². The molecule has 1 fully saturated rings. The van der Waals surface area contributed by atoms with Crippen molar-refractivity contribution in [3.8, 4) is 0 Å². The van der Waals surface area contributed by atoms with Gasteiger partial charge in [-0.25, -0.2) is 0 Å². The Morgan fingerprint density at radius 1 is 0.710 bits per heavy atom. The van der Waals surface area contributed by atoms with Gasteiger partial charge in [-0.05, 0) is 31.6 Å². The molecule has 0 aromatic carbocycles. The average molecular weight is 439 g/mol. The van der Waals surface area contributed by atoms with Crippen LogP contribution in [-0.4, -0.2) is 25.2 Å².